The summed E-state index contributed by atoms with van der Waals surface area (Å²) in [6, 6.07) is 0. The minimum atomic E-state index is 0.902. The second kappa shape index (κ2) is 13.6. The van der Waals surface area contributed by atoms with E-state index in [1.807, 2.05) is 0 Å². The highest BCUT2D eigenvalue weighted by molar-refractivity contribution is 4.74. The molecular formula is C19H40N2. The average molecular weight is 297 g/mol. The van der Waals surface area contributed by atoms with Crippen LogP contribution in [-0.4, -0.2) is 37.6 Å². The summed E-state index contributed by atoms with van der Waals surface area (Å²) in [5.74, 6) is 0.902. The Kier molecular flexibility index (Phi) is 12.3. The van der Waals surface area contributed by atoms with E-state index in [0.29, 0.717) is 0 Å². The van der Waals surface area contributed by atoms with Crippen molar-refractivity contribution in [3.05, 3.63) is 0 Å². The van der Waals surface area contributed by atoms with E-state index in [1.165, 1.54) is 103 Å². The highest BCUT2D eigenvalue weighted by Gasteiger charge is 2.18. The molecule has 0 aromatic heterocycles. The lowest BCUT2D eigenvalue weighted by Crippen LogP contribution is -2.40. The second-order valence-corrected chi connectivity index (χ2v) is 6.99. The zero-order valence-corrected chi connectivity index (χ0v) is 14.8. The second-order valence-electron chi connectivity index (χ2n) is 6.99. The van der Waals surface area contributed by atoms with Gasteiger partial charge >= 0.3 is 0 Å². The van der Waals surface area contributed by atoms with Crippen LogP contribution in [0.4, 0.5) is 0 Å². The minimum Gasteiger partial charge on any atom is -0.316 e. The SMILES string of the molecule is CCCCCCCCCCN1CCCC(CNCCC)C1. The number of hydrogen-bond acceptors (Lipinski definition) is 2. The first-order chi connectivity index (χ1) is 10.4. The first kappa shape index (κ1) is 19.0. The van der Waals surface area contributed by atoms with Crippen molar-refractivity contribution in [2.45, 2.75) is 84.5 Å². The molecule has 1 fully saturated rings. The lowest BCUT2D eigenvalue weighted by Gasteiger charge is -2.33. The van der Waals surface area contributed by atoms with E-state index >= 15 is 0 Å². The van der Waals surface area contributed by atoms with Crippen molar-refractivity contribution in [3.63, 3.8) is 0 Å². The van der Waals surface area contributed by atoms with Crippen LogP contribution in [0.3, 0.4) is 0 Å². The third-order valence-electron chi connectivity index (χ3n) is 4.79. The van der Waals surface area contributed by atoms with Gasteiger partial charge in [0.2, 0.25) is 0 Å². The van der Waals surface area contributed by atoms with Crippen LogP contribution in [0.25, 0.3) is 0 Å². The van der Waals surface area contributed by atoms with Crippen molar-refractivity contribution in [3.8, 4) is 0 Å². The van der Waals surface area contributed by atoms with Gasteiger partial charge in [-0.2, -0.15) is 0 Å². The Morgan fingerprint density at radius 1 is 0.905 bits per heavy atom. The van der Waals surface area contributed by atoms with Gasteiger partial charge in [0.1, 0.15) is 0 Å². The van der Waals surface area contributed by atoms with Gasteiger partial charge in [-0.1, -0.05) is 58.8 Å². The molecule has 0 aromatic rings. The molecule has 1 rings (SSSR count). The largest absolute Gasteiger partial charge is 0.316 e. The Labute approximate surface area is 134 Å². The van der Waals surface area contributed by atoms with Crippen molar-refractivity contribution in [2.75, 3.05) is 32.7 Å². The van der Waals surface area contributed by atoms with E-state index in [0.717, 1.165) is 5.92 Å². The molecule has 2 nitrogen and oxygen atoms in total. The molecule has 0 radical (unpaired) electrons. The van der Waals surface area contributed by atoms with Gasteiger partial charge < -0.3 is 10.2 Å². The van der Waals surface area contributed by atoms with E-state index in [4.69, 9.17) is 0 Å². The predicted octanol–water partition coefficient (Wildman–Crippen LogP) is 4.84. The molecule has 1 saturated heterocycles. The fourth-order valence-corrected chi connectivity index (χ4v) is 3.47. The maximum absolute atomic E-state index is 3.60. The molecule has 21 heavy (non-hydrogen) atoms. The van der Waals surface area contributed by atoms with E-state index in [2.05, 4.69) is 24.1 Å². The standard InChI is InChI=1S/C19H40N2/c1-3-5-6-7-8-9-10-11-15-21-16-12-13-19(18-21)17-20-14-4-2/h19-20H,3-18H2,1-2H3. The topological polar surface area (TPSA) is 15.3 Å². The van der Waals surface area contributed by atoms with E-state index in [-0.39, 0.29) is 0 Å². The van der Waals surface area contributed by atoms with E-state index < -0.39 is 0 Å². The van der Waals surface area contributed by atoms with Crippen LogP contribution in [0.1, 0.15) is 84.5 Å². The summed E-state index contributed by atoms with van der Waals surface area (Å²) in [4.78, 5) is 2.72. The number of rotatable bonds is 13. The van der Waals surface area contributed by atoms with Crippen molar-refractivity contribution in [1.82, 2.24) is 10.2 Å². The quantitative estimate of drug-likeness (QED) is 0.489. The van der Waals surface area contributed by atoms with Gasteiger partial charge in [0.05, 0.1) is 0 Å². The summed E-state index contributed by atoms with van der Waals surface area (Å²) in [6.07, 6.45) is 15.6. The summed E-state index contributed by atoms with van der Waals surface area (Å²) in [5, 5.41) is 3.60. The first-order valence-corrected chi connectivity index (χ1v) is 9.79. The number of piperidine rings is 1. The Balaban J connectivity index is 1.94. The van der Waals surface area contributed by atoms with Crippen LogP contribution < -0.4 is 5.32 Å². The first-order valence-electron chi connectivity index (χ1n) is 9.79. The molecule has 0 spiro atoms. The lowest BCUT2D eigenvalue weighted by atomic mass is 9.97. The molecule has 126 valence electrons. The van der Waals surface area contributed by atoms with Crippen molar-refractivity contribution in [2.24, 2.45) is 5.92 Å². The summed E-state index contributed by atoms with van der Waals surface area (Å²) in [7, 11) is 0. The zero-order chi connectivity index (χ0) is 15.2. The predicted molar refractivity (Wildman–Crippen MR) is 94.9 cm³/mol. The smallest absolute Gasteiger partial charge is 0.00218 e. The molecule has 0 bridgehead atoms. The van der Waals surface area contributed by atoms with Gasteiger partial charge in [-0.05, 0) is 57.8 Å². The average Bonchev–Trinajstić information content (AvgIpc) is 2.51. The van der Waals surface area contributed by atoms with Gasteiger partial charge in [0, 0.05) is 6.54 Å². The molecule has 0 amide bonds. The summed E-state index contributed by atoms with van der Waals surface area (Å²) < 4.78 is 0. The van der Waals surface area contributed by atoms with Gasteiger partial charge in [0.15, 0.2) is 0 Å². The molecule has 0 aliphatic carbocycles. The highest BCUT2D eigenvalue weighted by atomic mass is 15.1. The normalized spacial score (nSPS) is 20.0. The monoisotopic (exact) mass is 296 g/mol. The van der Waals surface area contributed by atoms with Crippen LogP contribution in [0.2, 0.25) is 0 Å². The van der Waals surface area contributed by atoms with Gasteiger partial charge in [-0.25, -0.2) is 0 Å². The molecule has 1 unspecified atom stereocenters. The number of nitrogens with one attached hydrogen (secondary N) is 1. The molecular weight excluding hydrogens is 256 g/mol. The summed E-state index contributed by atoms with van der Waals surface area (Å²) in [6.45, 7) is 11.0. The molecule has 1 atom stereocenters. The van der Waals surface area contributed by atoms with E-state index in [1.54, 1.807) is 0 Å². The Morgan fingerprint density at radius 2 is 1.62 bits per heavy atom. The highest BCUT2D eigenvalue weighted by Crippen LogP contribution is 2.17. The molecule has 2 heteroatoms. The van der Waals surface area contributed by atoms with Gasteiger partial charge in [0.25, 0.3) is 0 Å². The molecule has 0 aromatic carbocycles. The number of likely N-dealkylation sites (tertiary alicyclic amines) is 1. The molecule has 1 N–H and O–H groups in total. The zero-order valence-electron chi connectivity index (χ0n) is 14.8. The molecule has 0 saturated carbocycles. The number of hydrogen-bond donors (Lipinski definition) is 1. The van der Waals surface area contributed by atoms with Gasteiger partial charge in [-0.15, -0.1) is 0 Å². The van der Waals surface area contributed by atoms with Crippen LogP contribution in [-0.2, 0) is 0 Å². The van der Waals surface area contributed by atoms with Crippen molar-refractivity contribution >= 4 is 0 Å². The maximum Gasteiger partial charge on any atom is 0.00218 e. The molecule has 1 aliphatic rings. The minimum absolute atomic E-state index is 0.902. The van der Waals surface area contributed by atoms with Crippen LogP contribution in [0, 0.1) is 5.92 Å². The number of unbranched alkanes of at least 4 members (excludes halogenated alkanes) is 7. The molecule has 1 aliphatic heterocycles. The summed E-state index contributed by atoms with van der Waals surface area (Å²) in [5.41, 5.74) is 0. The third kappa shape index (κ3) is 10.3. The van der Waals surface area contributed by atoms with Crippen molar-refractivity contribution < 1.29 is 0 Å². The Bertz CT molecular complexity index is 218. The van der Waals surface area contributed by atoms with E-state index in [9.17, 15) is 0 Å². The fourth-order valence-electron chi connectivity index (χ4n) is 3.47. The Hall–Kier alpha value is -0.0800. The van der Waals surface area contributed by atoms with Crippen LogP contribution in [0.5, 0.6) is 0 Å². The molecule has 1 heterocycles. The Morgan fingerprint density at radius 3 is 2.33 bits per heavy atom. The van der Waals surface area contributed by atoms with Crippen LogP contribution in [0.15, 0.2) is 0 Å². The maximum atomic E-state index is 3.60. The number of nitrogens with zero attached hydrogens (tertiary/aromatic N) is 1. The summed E-state index contributed by atoms with van der Waals surface area (Å²) >= 11 is 0. The lowest BCUT2D eigenvalue weighted by molar-refractivity contribution is 0.169. The third-order valence-corrected chi connectivity index (χ3v) is 4.79. The van der Waals surface area contributed by atoms with Gasteiger partial charge in [-0.3, -0.25) is 0 Å². The van der Waals surface area contributed by atoms with Crippen LogP contribution >= 0.6 is 0 Å². The fraction of sp³-hybridized carbons (Fsp3) is 1.00. The van der Waals surface area contributed by atoms with Crippen molar-refractivity contribution in [1.29, 1.82) is 0 Å².